The molecular weight excluding hydrogens is 304 g/mol. The van der Waals surface area contributed by atoms with Crippen LogP contribution in [0.15, 0.2) is 40.9 Å². The van der Waals surface area contributed by atoms with Crippen molar-refractivity contribution in [2.24, 2.45) is 0 Å². The molecule has 0 saturated heterocycles. The Hall–Kier alpha value is -2.11. The summed E-state index contributed by atoms with van der Waals surface area (Å²) < 4.78 is 11.1. The lowest BCUT2D eigenvalue weighted by Gasteiger charge is -2.23. The molecule has 1 aromatic heterocycles. The van der Waals surface area contributed by atoms with Crippen LogP contribution in [-0.2, 0) is 4.74 Å². The number of nitrogens with zero attached hydrogens (tertiary/aromatic N) is 1. The molecule has 1 heterocycles. The molecule has 1 unspecified atom stereocenters. The van der Waals surface area contributed by atoms with Crippen LogP contribution < -0.4 is 5.32 Å². The molecule has 130 valence electrons. The minimum atomic E-state index is -0.618. The zero-order chi connectivity index (χ0) is 17.6. The van der Waals surface area contributed by atoms with Gasteiger partial charge >= 0.3 is 0 Å². The van der Waals surface area contributed by atoms with E-state index in [4.69, 9.17) is 9.26 Å². The van der Waals surface area contributed by atoms with Crippen LogP contribution in [0.4, 0.5) is 0 Å². The van der Waals surface area contributed by atoms with Gasteiger partial charge in [-0.05, 0) is 39.3 Å². The number of nitrogens with one attached hydrogen (secondary N) is 1. The second-order valence-electron chi connectivity index (χ2n) is 6.85. The van der Waals surface area contributed by atoms with E-state index < -0.39 is 6.10 Å². The van der Waals surface area contributed by atoms with Crippen LogP contribution in [0.5, 0.6) is 0 Å². The third kappa shape index (κ3) is 6.18. The van der Waals surface area contributed by atoms with Gasteiger partial charge in [0.25, 0.3) is 0 Å². The molecule has 1 atom stereocenters. The SMILES string of the molecule is Cc1cc(C(=Cc2ccccc2)OCC(O)CNC(C)(C)C)on1. The number of ether oxygens (including phenoxy) is 1. The molecule has 0 saturated carbocycles. The fourth-order valence-electron chi connectivity index (χ4n) is 2.03. The maximum atomic E-state index is 10.1. The summed E-state index contributed by atoms with van der Waals surface area (Å²) in [6.45, 7) is 8.64. The molecule has 2 rings (SSSR count). The monoisotopic (exact) mass is 330 g/mol. The molecule has 1 aromatic carbocycles. The first-order valence-corrected chi connectivity index (χ1v) is 8.10. The highest BCUT2D eigenvalue weighted by Crippen LogP contribution is 2.20. The number of benzene rings is 1. The summed E-state index contributed by atoms with van der Waals surface area (Å²) >= 11 is 0. The molecule has 0 radical (unpaired) electrons. The molecule has 5 nitrogen and oxygen atoms in total. The smallest absolute Gasteiger partial charge is 0.201 e. The van der Waals surface area contributed by atoms with Crippen molar-refractivity contribution in [3.63, 3.8) is 0 Å². The molecule has 24 heavy (non-hydrogen) atoms. The average Bonchev–Trinajstić information content (AvgIpc) is 2.96. The quantitative estimate of drug-likeness (QED) is 0.763. The van der Waals surface area contributed by atoms with Gasteiger partial charge in [-0.15, -0.1) is 0 Å². The van der Waals surface area contributed by atoms with Gasteiger partial charge in [-0.25, -0.2) is 0 Å². The second-order valence-corrected chi connectivity index (χ2v) is 6.85. The first-order valence-electron chi connectivity index (χ1n) is 8.10. The van der Waals surface area contributed by atoms with E-state index >= 15 is 0 Å². The van der Waals surface area contributed by atoms with Crippen molar-refractivity contribution < 1.29 is 14.4 Å². The summed E-state index contributed by atoms with van der Waals surface area (Å²) in [5.41, 5.74) is 1.72. The van der Waals surface area contributed by atoms with E-state index in [-0.39, 0.29) is 12.1 Å². The first kappa shape index (κ1) is 18.2. The van der Waals surface area contributed by atoms with Gasteiger partial charge in [0.1, 0.15) is 12.7 Å². The van der Waals surface area contributed by atoms with E-state index in [0.29, 0.717) is 18.1 Å². The number of β-amino-alcohol motifs (C(OH)–C–C–N with tert-alkyl or cyclic N) is 1. The van der Waals surface area contributed by atoms with Crippen LogP contribution in [0.2, 0.25) is 0 Å². The van der Waals surface area contributed by atoms with Crippen molar-refractivity contribution in [2.75, 3.05) is 13.2 Å². The normalized spacial score (nSPS) is 13.8. The number of hydrogen-bond acceptors (Lipinski definition) is 5. The molecule has 0 spiro atoms. The van der Waals surface area contributed by atoms with Crippen LogP contribution in [-0.4, -0.2) is 35.1 Å². The van der Waals surface area contributed by atoms with Gasteiger partial charge in [-0.1, -0.05) is 35.5 Å². The van der Waals surface area contributed by atoms with Gasteiger partial charge < -0.3 is 19.7 Å². The maximum absolute atomic E-state index is 10.1. The molecule has 0 aliphatic carbocycles. The third-order valence-electron chi connectivity index (χ3n) is 3.27. The van der Waals surface area contributed by atoms with Crippen LogP contribution >= 0.6 is 0 Å². The predicted molar refractivity (Wildman–Crippen MR) is 95.3 cm³/mol. The van der Waals surface area contributed by atoms with Crippen molar-refractivity contribution in [3.8, 4) is 0 Å². The lowest BCUT2D eigenvalue weighted by molar-refractivity contribution is 0.0860. The lowest BCUT2D eigenvalue weighted by Crippen LogP contribution is -2.42. The molecular formula is C19H26N2O3. The van der Waals surface area contributed by atoms with Crippen molar-refractivity contribution in [3.05, 3.63) is 53.4 Å². The average molecular weight is 330 g/mol. The van der Waals surface area contributed by atoms with Crippen LogP contribution in [0.25, 0.3) is 11.8 Å². The van der Waals surface area contributed by atoms with E-state index in [2.05, 4.69) is 31.2 Å². The number of aliphatic hydroxyl groups excluding tert-OH is 1. The molecule has 2 N–H and O–H groups in total. The molecule has 2 aromatic rings. The second kappa shape index (κ2) is 8.13. The van der Waals surface area contributed by atoms with Gasteiger partial charge in [-0.3, -0.25) is 0 Å². The van der Waals surface area contributed by atoms with E-state index in [1.54, 1.807) is 0 Å². The van der Waals surface area contributed by atoms with Crippen molar-refractivity contribution in [1.29, 1.82) is 0 Å². The standard InChI is InChI=1S/C19H26N2O3/c1-14-10-18(24-21-14)17(11-15-8-6-5-7-9-15)23-13-16(22)12-20-19(2,3)4/h5-11,16,20,22H,12-13H2,1-4H3. The molecule has 0 bridgehead atoms. The Morgan fingerprint density at radius 2 is 2.04 bits per heavy atom. The number of hydrogen-bond donors (Lipinski definition) is 2. The molecule has 5 heteroatoms. The molecule has 0 amide bonds. The first-order chi connectivity index (χ1) is 11.3. The fraction of sp³-hybridized carbons (Fsp3) is 0.421. The lowest BCUT2D eigenvalue weighted by atomic mass is 10.1. The summed E-state index contributed by atoms with van der Waals surface area (Å²) in [5, 5.41) is 17.3. The summed E-state index contributed by atoms with van der Waals surface area (Å²) in [7, 11) is 0. The Kier molecular flexibility index (Phi) is 6.17. The molecule has 0 fully saturated rings. The van der Waals surface area contributed by atoms with E-state index in [0.717, 1.165) is 11.3 Å². The van der Waals surface area contributed by atoms with Crippen molar-refractivity contribution >= 4 is 11.8 Å². The Balaban J connectivity index is 2.06. The van der Waals surface area contributed by atoms with E-state index in [1.807, 2.05) is 49.4 Å². The largest absolute Gasteiger partial charge is 0.487 e. The zero-order valence-electron chi connectivity index (χ0n) is 14.7. The van der Waals surface area contributed by atoms with Crippen molar-refractivity contribution in [1.82, 2.24) is 10.5 Å². The number of aliphatic hydroxyl groups is 1. The van der Waals surface area contributed by atoms with Gasteiger partial charge in [0.15, 0.2) is 5.76 Å². The van der Waals surface area contributed by atoms with Crippen molar-refractivity contribution in [2.45, 2.75) is 39.3 Å². The predicted octanol–water partition coefficient (Wildman–Crippen LogP) is 3.25. The van der Waals surface area contributed by atoms with Gasteiger partial charge in [0.05, 0.1) is 5.69 Å². The maximum Gasteiger partial charge on any atom is 0.201 e. The zero-order valence-corrected chi connectivity index (χ0v) is 14.7. The van der Waals surface area contributed by atoms with Gasteiger partial charge in [0.2, 0.25) is 5.76 Å². The number of aryl methyl sites for hydroxylation is 1. The van der Waals surface area contributed by atoms with E-state index in [9.17, 15) is 5.11 Å². The Morgan fingerprint density at radius 3 is 2.62 bits per heavy atom. The fourth-order valence-corrected chi connectivity index (χ4v) is 2.03. The minimum absolute atomic E-state index is 0.0499. The highest BCUT2D eigenvalue weighted by molar-refractivity contribution is 5.75. The summed E-state index contributed by atoms with van der Waals surface area (Å²) in [6, 6.07) is 11.6. The summed E-state index contributed by atoms with van der Waals surface area (Å²) in [6.07, 6.45) is 1.26. The summed E-state index contributed by atoms with van der Waals surface area (Å²) in [5.74, 6) is 1.10. The van der Waals surface area contributed by atoms with Gasteiger partial charge in [-0.2, -0.15) is 0 Å². The Morgan fingerprint density at radius 1 is 1.33 bits per heavy atom. The number of aromatic nitrogens is 1. The van der Waals surface area contributed by atoms with Crippen LogP contribution in [0.3, 0.4) is 0 Å². The Labute approximate surface area is 143 Å². The molecule has 0 aliphatic heterocycles. The van der Waals surface area contributed by atoms with E-state index in [1.165, 1.54) is 0 Å². The Bertz CT molecular complexity index is 657. The third-order valence-corrected chi connectivity index (χ3v) is 3.27. The number of rotatable bonds is 7. The van der Waals surface area contributed by atoms with Gasteiger partial charge in [0, 0.05) is 18.2 Å². The summed E-state index contributed by atoms with van der Waals surface area (Å²) in [4.78, 5) is 0. The highest BCUT2D eigenvalue weighted by atomic mass is 16.5. The topological polar surface area (TPSA) is 67.5 Å². The van der Waals surface area contributed by atoms with Crippen LogP contribution in [0, 0.1) is 6.92 Å². The molecule has 0 aliphatic rings. The highest BCUT2D eigenvalue weighted by Gasteiger charge is 2.15. The van der Waals surface area contributed by atoms with Crippen LogP contribution in [0.1, 0.15) is 37.8 Å². The minimum Gasteiger partial charge on any atom is -0.487 e.